The summed E-state index contributed by atoms with van der Waals surface area (Å²) in [5, 5.41) is 0. The first-order valence-electron chi connectivity index (χ1n) is 5.97. The Labute approximate surface area is 117 Å². The highest BCUT2D eigenvalue weighted by Crippen LogP contribution is 2.29. The van der Waals surface area contributed by atoms with E-state index in [4.69, 9.17) is 25.8 Å². The molecule has 1 fully saturated rings. The molecule has 19 heavy (non-hydrogen) atoms. The second-order valence-electron chi connectivity index (χ2n) is 5.70. The Hall–Kier alpha value is -1.01. The Balaban J connectivity index is 2.90. The molecule has 1 aliphatic rings. The van der Waals surface area contributed by atoms with Crippen molar-refractivity contribution in [1.29, 1.82) is 0 Å². The molecule has 1 rings (SSSR count). The molecular formula is C12H20ClNO5. The number of nitrogens with zero attached hydrogens (tertiary/aromatic N) is 1. The van der Waals surface area contributed by atoms with Crippen LogP contribution in [0.3, 0.4) is 0 Å². The van der Waals surface area contributed by atoms with Crippen LogP contribution >= 0.6 is 11.6 Å². The maximum absolute atomic E-state index is 12.2. The van der Waals surface area contributed by atoms with Crippen LogP contribution in [-0.2, 0) is 19.0 Å². The molecule has 0 aromatic carbocycles. The van der Waals surface area contributed by atoms with Crippen molar-refractivity contribution in [2.45, 2.75) is 52.0 Å². The molecule has 0 aliphatic carbocycles. The molecular weight excluding hydrogens is 274 g/mol. The molecule has 110 valence electrons. The van der Waals surface area contributed by atoms with Gasteiger partial charge < -0.3 is 14.2 Å². The van der Waals surface area contributed by atoms with Gasteiger partial charge in [-0.1, -0.05) is 11.6 Å². The first kappa shape index (κ1) is 16.0. The molecule has 1 saturated heterocycles. The van der Waals surface area contributed by atoms with E-state index in [9.17, 15) is 9.59 Å². The summed E-state index contributed by atoms with van der Waals surface area (Å²) in [6.45, 7) is 8.68. The molecule has 0 spiro atoms. The van der Waals surface area contributed by atoms with E-state index in [1.165, 1.54) is 4.90 Å². The van der Waals surface area contributed by atoms with Crippen molar-refractivity contribution in [3.63, 3.8) is 0 Å². The highest BCUT2D eigenvalue weighted by atomic mass is 35.5. The minimum atomic E-state index is -0.932. The van der Waals surface area contributed by atoms with Crippen LogP contribution in [0.2, 0.25) is 0 Å². The van der Waals surface area contributed by atoms with Gasteiger partial charge in [0.05, 0.1) is 6.61 Å². The lowest BCUT2D eigenvalue weighted by Crippen LogP contribution is -2.52. The fourth-order valence-electron chi connectivity index (χ4n) is 1.78. The van der Waals surface area contributed by atoms with Gasteiger partial charge in [-0.2, -0.15) is 0 Å². The summed E-state index contributed by atoms with van der Waals surface area (Å²) < 4.78 is 15.5. The van der Waals surface area contributed by atoms with Crippen molar-refractivity contribution in [3.05, 3.63) is 0 Å². The van der Waals surface area contributed by atoms with Crippen LogP contribution in [0.25, 0.3) is 0 Å². The van der Waals surface area contributed by atoms with E-state index in [1.54, 1.807) is 34.6 Å². The van der Waals surface area contributed by atoms with Crippen LogP contribution in [0.15, 0.2) is 0 Å². The fraction of sp³-hybridized carbons (Fsp3) is 0.833. The zero-order valence-corrected chi connectivity index (χ0v) is 12.6. The van der Waals surface area contributed by atoms with Gasteiger partial charge in [-0.3, -0.25) is 4.90 Å². The standard InChI is InChI=1S/C12H20ClNO5/c1-11(2,3)19-10(16)14-8(9(15)17-7-13)6-18-12(14,4)5/h8H,6-7H2,1-5H3. The summed E-state index contributed by atoms with van der Waals surface area (Å²) in [7, 11) is 0. The van der Waals surface area contributed by atoms with E-state index >= 15 is 0 Å². The summed E-state index contributed by atoms with van der Waals surface area (Å²) in [5.41, 5.74) is -1.59. The number of rotatable bonds is 2. The molecule has 6 nitrogen and oxygen atoms in total. The van der Waals surface area contributed by atoms with Crippen molar-refractivity contribution < 1.29 is 23.8 Å². The van der Waals surface area contributed by atoms with Gasteiger partial charge in [0.2, 0.25) is 0 Å². The molecule has 7 heteroatoms. The number of carbonyl (C=O) groups is 2. The predicted octanol–water partition coefficient (Wildman–Crippen LogP) is 2.10. The molecule has 1 amide bonds. The van der Waals surface area contributed by atoms with Crippen LogP contribution in [0.4, 0.5) is 4.79 Å². The van der Waals surface area contributed by atoms with Gasteiger partial charge in [0.25, 0.3) is 0 Å². The Morgan fingerprint density at radius 3 is 2.47 bits per heavy atom. The lowest BCUT2D eigenvalue weighted by atomic mass is 10.2. The first-order chi connectivity index (χ1) is 8.58. The Kier molecular flexibility index (Phi) is 4.68. The van der Waals surface area contributed by atoms with Crippen LogP contribution in [0.5, 0.6) is 0 Å². The molecule has 0 saturated carbocycles. The van der Waals surface area contributed by atoms with Crippen molar-refractivity contribution in [2.24, 2.45) is 0 Å². The maximum Gasteiger partial charge on any atom is 0.413 e. The molecule has 0 aromatic heterocycles. The third-order valence-electron chi connectivity index (χ3n) is 2.55. The number of amides is 1. The number of halogens is 1. The molecule has 0 radical (unpaired) electrons. The average molecular weight is 294 g/mol. The fourth-order valence-corrected chi connectivity index (χ4v) is 1.89. The molecule has 0 bridgehead atoms. The smallest absolute Gasteiger partial charge is 0.413 e. The van der Waals surface area contributed by atoms with Gasteiger partial charge >= 0.3 is 12.1 Å². The second kappa shape index (κ2) is 5.54. The Bertz CT molecular complexity index is 364. The van der Waals surface area contributed by atoms with E-state index in [0.29, 0.717) is 0 Å². The number of hydrogen-bond donors (Lipinski definition) is 0. The molecule has 1 atom stereocenters. The Morgan fingerprint density at radius 1 is 1.42 bits per heavy atom. The van der Waals surface area contributed by atoms with Crippen LogP contribution in [0.1, 0.15) is 34.6 Å². The highest BCUT2D eigenvalue weighted by Gasteiger charge is 2.49. The van der Waals surface area contributed by atoms with Gasteiger partial charge in [-0.25, -0.2) is 9.59 Å². The quantitative estimate of drug-likeness (QED) is 0.576. The summed E-state index contributed by atoms with van der Waals surface area (Å²) in [4.78, 5) is 25.2. The summed E-state index contributed by atoms with van der Waals surface area (Å²) in [6.07, 6.45) is -0.619. The molecule has 0 N–H and O–H groups in total. The van der Waals surface area contributed by atoms with E-state index in [-0.39, 0.29) is 12.7 Å². The SMILES string of the molecule is CC(C)(C)OC(=O)N1C(C(=O)OCCl)COC1(C)C. The Morgan fingerprint density at radius 2 is 2.00 bits per heavy atom. The van der Waals surface area contributed by atoms with Crippen LogP contribution in [0, 0.1) is 0 Å². The summed E-state index contributed by atoms with van der Waals surface area (Å²) in [5.74, 6) is -0.605. The normalized spacial score (nSPS) is 22.2. The van der Waals surface area contributed by atoms with Gasteiger partial charge in [-0.15, -0.1) is 0 Å². The summed E-state index contributed by atoms with van der Waals surface area (Å²) in [6, 6.07) is -1.11. The molecule has 1 heterocycles. The van der Waals surface area contributed by atoms with E-state index in [0.717, 1.165) is 0 Å². The van der Waals surface area contributed by atoms with E-state index in [2.05, 4.69) is 0 Å². The molecule has 1 unspecified atom stereocenters. The zero-order chi connectivity index (χ0) is 14.8. The number of ether oxygens (including phenoxy) is 3. The van der Waals surface area contributed by atoms with Crippen LogP contribution in [-0.4, -0.2) is 47.0 Å². The topological polar surface area (TPSA) is 65.1 Å². The molecule has 1 aliphatic heterocycles. The third kappa shape index (κ3) is 3.98. The number of alkyl halides is 1. The van der Waals surface area contributed by atoms with E-state index in [1.807, 2.05) is 0 Å². The number of hydrogen-bond acceptors (Lipinski definition) is 5. The largest absolute Gasteiger partial charge is 0.448 e. The van der Waals surface area contributed by atoms with E-state index < -0.39 is 29.4 Å². The van der Waals surface area contributed by atoms with Gasteiger partial charge in [0, 0.05) is 0 Å². The predicted molar refractivity (Wildman–Crippen MR) is 68.7 cm³/mol. The summed E-state index contributed by atoms with van der Waals surface area (Å²) >= 11 is 5.36. The highest BCUT2D eigenvalue weighted by molar-refractivity contribution is 6.17. The zero-order valence-electron chi connectivity index (χ0n) is 11.9. The number of esters is 1. The number of carbonyl (C=O) groups excluding carboxylic acids is 2. The first-order valence-corrected chi connectivity index (χ1v) is 6.51. The lowest BCUT2D eigenvalue weighted by Gasteiger charge is -2.34. The van der Waals surface area contributed by atoms with Gasteiger partial charge in [0.1, 0.15) is 11.3 Å². The third-order valence-corrected chi connectivity index (χ3v) is 2.65. The van der Waals surface area contributed by atoms with Crippen molar-refractivity contribution in [2.75, 3.05) is 12.7 Å². The monoisotopic (exact) mass is 293 g/mol. The lowest BCUT2D eigenvalue weighted by molar-refractivity contribution is -0.147. The molecule has 0 aromatic rings. The van der Waals surface area contributed by atoms with Crippen molar-refractivity contribution in [3.8, 4) is 0 Å². The minimum Gasteiger partial charge on any atom is -0.448 e. The second-order valence-corrected chi connectivity index (χ2v) is 5.91. The van der Waals surface area contributed by atoms with Gasteiger partial charge in [-0.05, 0) is 34.6 Å². The minimum absolute atomic E-state index is 0.0575. The average Bonchev–Trinajstić information content (AvgIpc) is 2.51. The maximum atomic E-state index is 12.2. The van der Waals surface area contributed by atoms with Crippen molar-refractivity contribution >= 4 is 23.7 Å². The van der Waals surface area contributed by atoms with Gasteiger partial charge in [0.15, 0.2) is 12.1 Å². The van der Waals surface area contributed by atoms with Crippen molar-refractivity contribution in [1.82, 2.24) is 4.90 Å². The van der Waals surface area contributed by atoms with Crippen LogP contribution < -0.4 is 0 Å².